The molecule has 2 aromatic rings. The monoisotopic (exact) mass is 339 g/mol. The lowest BCUT2D eigenvalue weighted by molar-refractivity contribution is -0.141. The first kappa shape index (κ1) is 17.2. The van der Waals surface area contributed by atoms with E-state index >= 15 is 0 Å². The fraction of sp³-hybridized carbons (Fsp3) is 0.400. The van der Waals surface area contributed by atoms with E-state index in [1.54, 1.807) is 7.11 Å². The summed E-state index contributed by atoms with van der Waals surface area (Å²) in [6.07, 6.45) is 0.662. The first-order valence-corrected chi connectivity index (χ1v) is 7.08. The van der Waals surface area contributed by atoms with Crippen molar-refractivity contribution in [2.24, 2.45) is 5.92 Å². The number of hydrogen-bond acceptors (Lipinski definition) is 6. The van der Waals surface area contributed by atoms with Crippen LogP contribution in [0.1, 0.15) is 12.3 Å². The number of carbonyl (C=O) groups is 1. The van der Waals surface area contributed by atoms with Crippen LogP contribution in [0.5, 0.6) is 5.75 Å². The third-order valence-electron chi connectivity index (χ3n) is 3.80. The zero-order valence-corrected chi connectivity index (χ0v) is 13.5. The molecule has 1 aromatic carbocycles. The normalized spacial score (nSPS) is 17.7. The van der Waals surface area contributed by atoms with Crippen LogP contribution in [0.15, 0.2) is 28.8 Å². The van der Waals surface area contributed by atoms with Gasteiger partial charge in [-0.3, -0.25) is 9.69 Å². The lowest BCUT2D eigenvalue weighted by Crippen LogP contribution is -2.22. The van der Waals surface area contributed by atoms with Crippen LogP contribution in [0.25, 0.3) is 11.4 Å². The molecule has 1 atom stereocenters. The van der Waals surface area contributed by atoms with Crippen molar-refractivity contribution in [3.63, 3.8) is 0 Å². The van der Waals surface area contributed by atoms with E-state index in [0.29, 0.717) is 31.2 Å². The summed E-state index contributed by atoms with van der Waals surface area (Å²) in [5.74, 6) is 0.740. The van der Waals surface area contributed by atoms with Crippen LogP contribution in [-0.4, -0.2) is 46.3 Å². The van der Waals surface area contributed by atoms with Gasteiger partial charge in [-0.1, -0.05) is 5.16 Å². The number of carboxylic acids is 1. The van der Waals surface area contributed by atoms with Crippen molar-refractivity contribution in [2.45, 2.75) is 13.0 Å². The van der Waals surface area contributed by atoms with Gasteiger partial charge in [0.15, 0.2) is 0 Å². The Morgan fingerprint density at radius 1 is 1.43 bits per heavy atom. The first-order chi connectivity index (χ1) is 10.7. The number of halogens is 1. The Morgan fingerprint density at radius 3 is 2.78 bits per heavy atom. The van der Waals surface area contributed by atoms with Crippen LogP contribution in [0.2, 0.25) is 0 Å². The molecule has 0 bridgehead atoms. The maximum absolute atomic E-state index is 11.0. The third kappa shape index (κ3) is 4.00. The fourth-order valence-electron chi connectivity index (χ4n) is 2.55. The van der Waals surface area contributed by atoms with E-state index in [9.17, 15) is 4.79 Å². The van der Waals surface area contributed by atoms with Gasteiger partial charge in [0.25, 0.3) is 0 Å². The molecule has 124 valence electrons. The molecule has 1 saturated heterocycles. The highest BCUT2D eigenvalue weighted by atomic mass is 35.5. The molecule has 0 aliphatic carbocycles. The molecule has 1 fully saturated rings. The SMILES string of the molecule is COc1ccc(-c2noc(CN3CCC(C(=O)O)C3)n2)cc1.Cl. The van der Waals surface area contributed by atoms with E-state index in [-0.39, 0.29) is 18.3 Å². The Bertz CT molecular complexity index is 659. The van der Waals surface area contributed by atoms with Gasteiger partial charge in [-0.25, -0.2) is 0 Å². The molecule has 7 nitrogen and oxygen atoms in total. The number of likely N-dealkylation sites (tertiary alicyclic amines) is 1. The standard InChI is InChI=1S/C15H17N3O4.ClH/c1-21-12-4-2-10(3-5-12)14-16-13(22-17-14)9-18-7-6-11(8-18)15(19)20;/h2-5,11H,6-9H2,1H3,(H,19,20);1H. The van der Waals surface area contributed by atoms with Gasteiger partial charge in [-0.05, 0) is 37.2 Å². The molecule has 23 heavy (non-hydrogen) atoms. The van der Waals surface area contributed by atoms with Crippen LogP contribution in [0.3, 0.4) is 0 Å². The third-order valence-corrected chi connectivity index (χ3v) is 3.80. The molecule has 0 saturated carbocycles. The van der Waals surface area contributed by atoms with Gasteiger partial charge >= 0.3 is 5.97 Å². The smallest absolute Gasteiger partial charge is 0.307 e. The van der Waals surface area contributed by atoms with Crippen molar-refractivity contribution in [1.82, 2.24) is 15.0 Å². The van der Waals surface area contributed by atoms with Crippen molar-refractivity contribution in [1.29, 1.82) is 0 Å². The summed E-state index contributed by atoms with van der Waals surface area (Å²) >= 11 is 0. The van der Waals surface area contributed by atoms with Gasteiger partial charge in [0, 0.05) is 12.1 Å². The Morgan fingerprint density at radius 2 is 2.17 bits per heavy atom. The Labute approximate surface area is 139 Å². The quantitative estimate of drug-likeness (QED) is 0.891. The van der Waals surface area contributed by atoms with Gasteiger partial charge in [-0.2, -0.15) is 4.98 Å². The average molecular weight is 340 g/mol. The summed E-state index contributed by atoms with van der Waals surface area (Å²) in [5.41, 5.74) is 0.848. The van der Waals surface area contributed by atoms with Crippen molar-refractivity contribution < 1.29 is 19.2 Å². The van der Waals surface area contributed by atoms with Crippen LogP contribution < -0.4 is 4.74 Å². The molecule has 1 aliphatic rings. The highest BCUT2D eigenvalue weighted by Crippen LogP contribution is 2.22. The highest BCUT2D eigenvalue weighted by molar-refractivity contribution is 5.85. The van der Waals surface area contributed by atoms with E-state index in [4.69, 9.17) is 14.4 Å². The van der Waals surface area contributed by atoms with E-state index in [1.165, 1.54) is 0 Å². The zero-order chi connectivity index (χ0) is 15.5. The Balaban J connectivity index is 0.00000192. The predicted octanol–water partition coefficient (Wildman–Crippen LogP) is 2.07. The van der Waals surface area contributed by atoms with Gasteiger partial charge in [0.2, 0.25) is 11.7 Å². The van der Waals surface area contributed by atoms with E-state index in [0.717, 1.165) is 17.9 Å². The lowest BCUT2D eigenvalue weighted by Gasteiger charge is -2.11. The van der Waals surface area contributed by atoms with Crippen molar-refractivity contribution in [2.75, 3.05) is 20.2 Å². The Hall–Kier alpha value is -2.12. The van der Waals surface area contributed by atoms with Crippen molar-refractivity contribution in [3.8, 4) is 17.1 Å². The maximum atomic E-state index is 11.0. The molecular formula is C15H18ClN3O4. The summed E-state index contributed by atoms with van der Waals surface area (Å²) in [7, 11) is 1.61. The lowest BCUT2D eigenvalue weighted by atomic mass is 10.1. The number of methoxy groups -OCH3 is 1. The fourth-order valence-corrected chi connectivity index (χ4v) is 2.55. The van der Waals surface area contributed by atoms with Gasteiger partial charge in [0.05, 0.1) is 19.6 Å². The number of benzene rings is 1. The van der Waals surface area contributed by atoms with Crippen LogP contribution in [0.4, 0.5) is 0 Å². The minimum Gasteiger partial charge on any atom is -0.497 e. The number of aliphatic carboxylic acids is 1. The minimum atomic E-state index is -0.744. The van der Waals surface area contributed by atoms with E-state index < -0.39 is 5.97 Å². The molecule has 1 aliphatic heterocycles. The molecule has 1 N–H and O–H groups in total. The number of rotatable bonds is 5. The Kier molecular flexibility index (Phi) is 5.57. The largest absolute Gasteiger partial charge is 0.497 e. The maximum Gasteiger partial charge on any atom is 0.307 e. The summed E-state index contributed by atoms with van der Waals surface area (Å²) in [6.45, 7) is 1.74. The highest BCUT2D eigenvalue weighted by Gasteiger charge is 2.28. The van der Waals surface area contributed by atoms with Crippen LogP contribution in [-0.2, 0) is 11.3 Å². The van der Waals surface area contributed by atoms with Crippen molar-refractivity contribution in [3.05, 3.63) is 30.2 Å². The topological polar surface area (TPSA) is 88.7 Å². The van der Waals surface area contributed by atoms with Gasteiger partial charge < -0.3 is 14.4 Å². The molecule has 1 aromatic heterocycles. The van der Waals surface area contributed by atoms with Crippen molar-refractivity contribution >= 4 is 18.4 Å². The molecule has 0 spiro atoms. The van der Waals surface area contributed by atoms with Crippen LogP contribution >= 0.6 is 12.4 Å². The summed E-state index contributed by atoms with van der Waals surface area (Å²) in [5, 5.41) is 13.0. The average Bonchev–Trinajstić information content (AvgIpc) is 3.17. The van der Waals surface area contributed by atoms with Gasteiger partial charge in [0.1, 0.15) is 5.75 Å². The van der Waals surface area contributed by atoms with E-state index in [1.807, 2.05) is 29.2 Å². The number of carboxylic acid groups (broad SMARTS) is 1. The van der Waals surface area contributed by atoms with Crippen LogP contribution in [0, 0.1) is 5.92 Å². The molecule has 8 heteroatoms. The van der Waals surface area contributed by atoms with Gasteiger partial charge in [-0.15, -0.1) is 12.4 Å². The molecular weight excluding hydrogens is 322 g/mol. The second-order valence-electron chi connectivity index (χ2n) is 5.30. The summed E-state index contributed by atoms with van der Waals surface area (Å²) in [4.78, 5) is 17.3. The minimum absolute atomic E-state index is 0. The number of ether oxygens (including phenoxy) is 1. The molecule has 3 rings (SSSR count). The second-order valence-corrected chi connectivity index (χ2v) is 5.30. The number of hydrogen-bond donors (Lipinski definition) is 1. The number of nitrogens with zero attached hydrogens (tertiary/aromatic N) is 3. The molecule has 0 radical (unpaired) electrons. The molecule has 1 unspecified atom stereocenters. The second kappa shape index (κ2) is 7.43. The molecule has 2 heterocycles. The first-order valence-electron chi connectivity index (χ1n) is 7.08. The predicted molar refractivity (Wildman–Crippen MR) is 84.6 cm³/mol. The zero-order valence-electron chi connectivity index (χ0n) is 12.6. The summed E-state index contributed by atoms with van der Waals surface area (Å²) in [6, 6.07) is 7.40. The molecule has 0 amide bonds. The van der Waals surface area contributed by atoms with E-state index in [2.05, 4.69) is 10.1 Å². The summed E-state index contributed by atoms with van der Waals surface area (Å²) < 4.78 is 10.4. The number of aromatic nitrogens is 2.